The highest BCUT2D eigenvalue weighted by molar-refractivity contribution is 6.32. The second-order valence-corrected chi connectivity index (χ2v) is 10.5. The average Bonchev–Trinajstić information content (AvgIpc) is 3.48. The summed E-state index contributed by atoms with van der Waals surface area (Å²) in [6.07, 6.45) is 3.71. The normalized spacial score (nSPS) is 17.9. The smallest absolute Gasteiger partial charge is 0.234 e. The van der Waals surface area contributed by atoms with Crippen molar-refractivity contribution in [3.05, 3.63) is 58.2 Å². The number of carbonyl (C=O) groups excluding carboxylic acids is 1. The quantitative estimate of drug-likeness (QED) is 0.363. The van der Waals surface area contributed by atoms with E-state index in [4.69, 9.17) is 21.1 Å². The fraction of sp³-hybridized carbons (Fsp3) is 0.370. The van der Waals surface area contributed by atoms with Gasteiger partial charge in [-0.2, -0.15) is 4.98 Å². The number of piperidine rings is 1. The van der Waals surface area contributed by atoms with Crippen molar-refractivity contribution in [2.75, 3.05) is 35.8 Å². The molecule has 1 aromatic heterocycles. The summed E-state index contributed by atoms with van der Waals surface area (Å²) in [5, 5.41) is 13.4. The molecule has 4 heterocycles. The highest BCUT2D eigenvalue weighted by atomic mass is 35.5. The Bertz CT molecular complexity index is 1370. The van der Waals surface area contributed by atoms with E-state index in [2.05, 4.69) is 37.3 Å². The fourth-order valence-electron chi connectivity index (χ4n) is 5.40. The molecule has 0 saturated carbocycles. The number of amides is 1. The summed E-state index contributed by atoms with van der Waals surface area (Å²) < 4.78 is 11.7. The number of hydrogen-bond acceptors (Lipinski definition) is 8. The molecule has 0 aliphatic carbocycles. The van der Waals surface area contributed by atoms with Crippen LogP contribution in [0.4, 0.5) is 23.1 Å². The number of nitrogens with zero attached hydrogens (tertiary/aromatic N) is 2. The van der Waals surface area contributed by atoms with E-state index in [1.54, 1.807) is 6.20 Å². The van der Waals surface area contributed by atoms with Crippen molar-refractivity contribution in [1.29, 1.82) is 0 Å². The van der Waals surface area contributed by atoms with Gasteiger partial charge in [0.25, 0.3) is 0 Å². The molecule has 3 aliphatic rings. The van der Waals surface area contributed by atoms with Crippen molar-refractivity contribution in [2.45, 2.75) is 44.6 Å². The van der Waals surface area contributed by atoms with Gasteiger partial charge in [-0.25, -0.2) is 4.98 Å². The van der Waals surface area contributed by atoms with Crippen LogP contribution in [-0.4, -0.2) is 35.8 Å². The maximum atomic E-state index is 12.4. The average molecular weight is 521 g/mol. The zero-order chi connectivity index (χ0) is 25.6. The van der Waals surface area contributed by atoms with Crippen molar-refractivity contribution < 1.29 is 14.3 Å². The summed E-state index contributed by atoms with van der Waals surface area (Å²) >= 11 is 6.43. The van der Waals surface area contributed by atoms with E-state index in [9.17, 15) is 4.79 Å². The van der Waals surface area contributed by atoms with E-state index in [-0.39, 0.29) is 12.7 Å². The van der Waals surface area contributed by atoms with Gasteiger partial charge < -0.3 is 30.7 Å². The number of halogens is 1. The molecule has 37 heavy (non-hydrogen) atoms. The van der Waals surface area contributed by atoms with Crippen LogP contribution in [0, 0.1) is 0 Å². The van der Waals surface area contributed by atoms with Crippen LogP contribution in [0.3, 0.4) is 0 Å². The first kappa shape index (κ1) is 23.8. The molecule has 10 heteroatoms. The Morgan fingerprint density at radius 3 is 2.78 bits per heavy atom. The fourth-order valence-corrected chi connectivity index (χ4v) is 5.56. The molecule has 0 radical (unpaired) electrons. The maximum absolute atomic E-state index is 12.4. The molecule has 0 spiro atoms. The predicted octanol–water partition coefficient (Wildman–Crippen LogP) is 4.91. The van der Waals surface area contributed by atoms with Gasteiger partial charge in [0.05, 0.1) is 17.3 Å². The van der Waals surface area contributed by atoms with Gasteiger partial charge in [-0.05, 0) is 69.0 Å². The van der Waals surface area contributed by atoms with Gasteiger partial charge in [0.1, 0.15) is 5.02 Å². The number of anilines is 4. The molecular weight excluding hydrogens is 492 g/mol. The minimum Gasteiger partial charge on any atom is -0.453 e. The largest absolute Gasteiger partial charge is 0.453 e. The van der Waals surface area contributed by atoms with E-state index >= 15 is 0 Å². The summed E-state index contributed by atoms with van der Waals surface area (Å²) in [7, 11) is 0. The Labute approximate surface area is 220 Å². The first-order valence-electron chi connectivity index (χ1n) is 12.5. The van der Waals surface area contributed by atoms with Crippen LogP contribution in [0.15, 0.2) is 36.5 Å². The number of fused-ring (bicyclic) bond motifs is 2. The van der Waals surface area contributed by atoms with Gasteiger partial charge in [0.2, 0.25) is 18.6 Å². The van der Waals surface area contributed by atoms with Crippen LogP contribution in [0.25, 0.3) is 0 Å². The number of hydrogen-bond donors (Lipinski definition) is 4. The van der Waals surface area contributed by atoms with Crippen LogP contribution < -0.4 is 30.7 Å². The van der Waals surface area contributed by atoms with Crippen molar-refractivity contribution in [3.8, 4) is 11.5 Å². The third-order valence-electron chi connectivity index (χ3n) is 7.36. The van der Waals surface area contributed by atoms with E-state index < -0.39 is 5.41 Å². The van der Waals surface area contributed by atoms with Crippen LogP contribution in [-0.2, 0) is 16.8 Å². The lowest BCUT2D eigenvalue weighted by Crippen LogP contribution is -2.28. The zero-order valence-corrected chi connectivity index (χ0v) is 21.5. The molecule has 3 aliphatic heterocycles. The molecule has 6 rings (SSSR count). The molecular formula is C27H29ClN6O3. The first-order valence-corrected chi connectivity index (χ1v) is 12.9. The summed E-state index contributed by atoms with van der Waals surface area (Å²) in [5.74, 6) is 2.80. The minimum absolute atomic E-state index is 0.00796. The molecule has 2 aromatic carbocycles. The molecule has 3 aromatic rings. The number of ether oxygens (including phenoxy) is 2. The molecule has 0 unspecified atom stereocenters. The lowest BCUT2D eigenvalue weighted by atomic mass is 9.83. The van der Waals surface area contributed by atoms with Gasteiger partial charge in [0, 0.05) is 17.8 Å². The minimum atomic E-state index is -0.613. The van der Waals surface area contributed by atoms with Crippen LogP contribution in [0.1, 0.15) is 49.3 Å². The second-order valence-electron chi connectivity index (χ2n) is 10.1. The number of carbonyl (C=O) groups is 1. The number of aromatic nitrogens is 2. The molecule has 1 fully saturated rings. The third-order valence-corrected chi connectivity index (χ3v) is 7.63. The van der Waals surface area contributed by atoms with Gasteiger partial charge in [-0.15, -0.1) is 0 Å². The Morgan fingerprint density at radius 2 is 1.95 bits per heavy atom. The van der Waals surface area contributed by atoms with E-state index in [1.165, 1.54) is 5.56 Å². The molecule has 4 N–H and O–H groups in total. The van der Waals surface area contributed by atoms with E-state index in [0.29, 0.717) is 35.0 Å². The molecule has 0 atom stereocenters. The number of benzene rings is 2. The SMILES string of the molecule is CC1(C)C(=O)Nc2cccc(CNc3nc(Nc4ccc(C5CCNCC5)c5c4OCO5)ncc3Cl)c21. The number of rotatable bonds is 6. The molecule has 1 saturated heterocycles. The molecule has 9 nitrogen and oxygen atoms in total. The Kier molecular flexibility index (Phi) is 6.04. The Morgan fingerprint density at radius 1 is 1.14 bits per heavy atom. The standard InChI is InChI=1S/C27H29ClN6O3/c1-27(2)21-16(4-3-5-19(21)32-25(27)35)12-30-24-18(28)13-31-26(34-24)33-20-7-6-17(15-8-10-29-11-9-15)22-23(20)37-14-36-22/h3-7,13,15,29H,8-12,14H2,1-2H3,(H,32,35)(H2,30,31,33,34). The van der Waals surface area contributed by atoms with Gasteiger partial charge >= 0.3 is 0 Å². The van der Waals surface area contributed by atoms with Gasteiger partial charge in [-0.1, -0.05) is 29.8 Å². The van der Waals surface area contributed by atoms with E-state index in [0.717, 1.165) is 54.2 Å². The van der Waals surface area contributed by atoms with Crippen molar-refractivity contribution in [1.82, 2.24) is 15.3 Å². The lowest BCUT2D eigenvalue weighted by Gasteiger charge is -2.24. The molecule has 192 valence electrons. The summed E-state index contributed by atoms with van der Waals surface area (Å²) in [6, 6.07) is 9.96. The lowest BCUT2D eigenvalue weighted by molar-refractivity contribution is -0.119. The van der Waals surface area contributed by atoms with Gasteiger partial charge in [-0.3, -0.25) is 4.79 Å². The summed E-state index contributed by atoms with van der Waals surface area (Å²) in [6.45, 7) is 6.51. The predicted molar refractivity (Wildman–Crippen MR) is 143 cm³/mol. The van der Waals surface area contributed by atoms with Crippen molar-refractivity contribution >= 4 is 40.6 Å². The highest BCUT2D eigenvalue weighted by Gasteiger charge is 2.40. The topological polar surface area (TPSA) is 109 Å². The van der Waals surface area contributed by atoms with Crippen molar-refractivity contribution in [3.63, 3.8) is 0 Å². The number of nitrogens with one attached hydrogen (secondary N) is 4. The maximum Gasteiger partial charge on any atom is 0.234 e. The molecule has 0 bridgehead atoms. The van der Waals surface area contributed by atoms with Gasteiger partial charge in [0.15, 0.2) is 17.3 Å². The third kappa shape index (κ3) is 4.32. The zero-order valence-electron chi connectivity index (χ0n) is 20.8. The Balaban J connectivity index is 1.22. The second kappa shape index (κ2) is 9.39. The van der Waals surface area contributed by atoms with E-state index in [1.807, 2.05) is 38.1 Å². The van der Waals surface area contributed by atoms with Crippen molar-refractivity contribution in [2.24, 2.45) is 0 Å². The van der Waals surface area contributed by atoms with Crippen LogP contribution in [0.5, 0.6) is 11.5 Å². The molecule has 1 amide bonds. The van der Waals surface area contributed by atoms with Crippen LogP contribution >= 0.6 is 11.6 Å². The monoisotopic (exact) mass is 520 g/mol. The summed E-state index contributed by atoms with van der Waals surface area (Å²) in [4.78, 5) is 21.4. The van der Waals surface area contributed by atoms with Crippen LogP contribution in [0.2, 0.25) is 5.02 Å². The Hall–Kier alpha value is -3.56. The summed E-state index contributed by atoms with van der Waals surface area (Å²) in [5.41, 5.74) is 4.14. The highest BCUT2D eigenvalue weighted by Crippen LogP contribution is 2.47. The first-order chi connectivity index (χ1) is 17.9.